The number of carbonyl (C=O) groups is 1. The van der Waals surface area contributed by atoms with Crippen molar-refractivity contribution in [2.75, 3.05) is 25.6 Å². The molecule has 6 heteroatoms. The highest BCUT2D eigenvalue weighted by Crippen LogP contribution is 2.15. The molecule has 0 saturated carbocycles. The van der Waals surface area contributed by atoms with Crippen molar-refractivity contribution in [2.24, 2.45) is 5.92 Å². The van der Waals surface area contributed by atoms with Crippen molar-refractivity contribution in [3.05, 3.63) is 24.3 Å². The molecule has 0 bridgehead atoms. The number of rotatable bonds is 7. The summed E-state index contributed by atoms with van der Waals surface area (Å²) in [6.45, 7) is 5.02. The van der Waals surface area contributed by atoms with Crippen LogP contribution in [-0.2, 0) is 9.53 Å². The second-order valence-electron chi connectivity index (χ2n) is 4.97. The first kappa shape index (κ1) is 17.4. The Bertz CT molecular complexity index is 460. The molecular weight excluding hydrogens is 288 g/mol. The number of anilines is 1. The van der Waals surface area contributed by atoms with E-state index in [1.165, 1.54) is 0 Å². The van der Waals surface area contributed by atoms with Crippen molar-refractivity contribution in [3.8, 4) is 5.75 Å². The van der Waals surface area contributed by atoms with Gasteiger partial charge in [0.25, 0.3) is 0 Å². The van der Waals surface area contributed by atoms with Crippen LogP contribution in [0, 0.1) is 5.92 Å². The van der Waals surface area contributed by atoms with E-state index in [9.17, 15) is 4.79 Å². The zero-order valence-corrected chi connectivity index (χ0v) is 13.5. The van der Waals surface area contributed by atoms with Gasteiger partial charge in [0.05, 0.1) is 6.61 Å². The van der Waals surface area contributed by atoms with Crippen LogP contribution in [0.5, 0.6) is 5.75 Å². The molecule has 5 nitrogen and oxygen atoms in total. The van der Waals surface area contributed by atoms with Crippen molar-refractivity contribution >= 4 is 28.9 Å². The highest BCUT2D eigenvalue weighted by atomic mass is 32.1. The minimum absolute atomic E-state index is 0.0815. The molecule has 0 spiro atoms. The molecule has 0 saturated heterocycles. The minimum Gasteiger partial charge on any atom is -0.491 e. The number of thiocarbonyl (C=S) groups is 1. The molecule has 0 aromatic heterocycles. The molecule has 0 aliphatic carbocycles. The van der Waals surface area contributed by atoms with Gasteiger partial charge in [-0.3, -0.25) is 4.79 Å². The van der Waals surface area contributed by atoms with E-state index < -0.39 is 0 Å². The van der Waals surface area contributed by atoms with Crippen molar-refractivity contribution < 1.29 is 14.3 Å². The first-order valence-electron chi connectivity index (χ1n) is 6.84. The quantitative estimate of drug-likeness (QED) is 0.599. The maximum atomic E-state index is 11.6. The predicted molar refractivity (Wildman–Crippen MR) is 87.6 cm³/mol. The van der Waals surface area contributed by atoms with Gasteiger partial charge in [-0.1, -0.05) is 13.8 Å². The van der Waals surface area contributed by atoms with E-state index in [0.717, 1.165) is 11.4 Å². The Labute approximate surface area is 131 Å². The molecule has 1 aromatic rings. The lowest BCUT2D eigenvalue weighted by Crippen LogP contribution is -2.34. The van der Waals surface area contributed by atoms with E-state index in [4.69, 9.17) is 21.7 Å². The Kier molecular flexibility index (Phi) is 7.71. The normalized spacial score (nSPS) is 10.3. The lowest BCUT2D eigenvalue weighted by atomic mass is 10.1. The van der Waals surface area contributed by atoms with Crippen LogP contribution in [0.1, 0.15) is 20.3 Å². The Balaban J connectivity index is 2.40. The average molecular weight is 310 g/mol. The topological polar surface area (TPSA) is 59.6 Å². The molecule has 2 N–H and O–H groups in total. The second kappa shape index (κ2) is 9.31. The number of hydrogen-bond donors (Lipinski definition) is 2. The molecule has 0 heterocycles. The van der Waals surface area contributed by atoms with Gasteiger partial charge < -0.3 is 20.1 Å². The van der Waals surface area contributed by atoms with Crippen LogP contribution in [0.2, 0.25) is 0 Å². The third-order valence-corrected chi connectivity index (χ3v) is 2.72. The summed E-state index contributed by atoms with van der Waals surface area (Å²) in [5, 5.41) is 5.91. The van der Waals surface area contributed by atoms with Gasteiger partial charge in [-0.05, 0) is 42.4 Å². The molecule has 0 aliphatic heterocycles. The van der Waals surface area contributed by atoms with Crippen LogP contribution in [0.4, 0.5) is 5.69 Å². The third kappa shape index (κ3) is 7.63. The fourth-order valence-electron chi connectivity index (χ4n) is 1.59. The smallest absolute Gasteiger partial charge is 0.226 e. The highest BCUT2D eigenvalue weighted by molar-refractivity contribution is 7.80. The van der Waals surface area contributed by atoms with Crippen molar-refractivity contribution in [1.29, 1.82) is 0 Å². The fourth-order valence-corrected chi connectivity index (χ4v) is 1.82. The number of ether oxygens (including phenoxy) is 2. The number of benzene rings is 1. The van der Waals surface area contributed by atoms with Crippen molar-refractivity contribution in [1.82, 2.24) is 5.32 Å². The summed E-state index contributed by atoms with van der Waals surface area (Å²) >= 11 is 5.09. The van der Waals surface area contributed by atoms with Gasteiger partial charge in [0.2, 0.25) is 5.91 Å². The van der Waals surface area contributed by atoms with Crippen LogP contribution in [0.15, 0.2) is 24.3 Å². The molecule has 0 aliphatic rings. The van der Waals surface area contributed by atoms with Crippen LogP contribution in [-0.4, -0.2) is 31.3 Å². The molecular formula is C15H22N2O3S. The molecule has 21 heavy (non-hydrogen) atoms. The van der Waals surface area contributed by atoms with Crippen molar-refractivity contribution in [3.63, 3.8) is 0 Å². The average Bonchev–Trinajstić information content (AvgIpc) is 2.39. The van der Waals surface area contributed by atoms with Gasteiger partial charge in [-0.25, -0.2) is 0 Å². The summed E-state index contributed by atoms with van der Waals surface area (Å²) in [7, 11) is 1.63. The van der Waals surface area contributed by atoms with Crippen LogP contribution in [0.25, 0.3) is 0 Å². The van der Waals surface area contributed by atoms with Crippen LogP contribution < -0.4 is 15.4 Å². The van der Waals surface area contributed by atoms with Gasteiger partial charge in [-0.15, -0.1) is 0 Å². The Morgan fingerprint density at radius 2 is 1.90 bits per heavy atom. The zero-order chi connectivity index (χ0) is 15.7. The highest BCUT2D eigenvalue weighted by Gasteiger charge is 2.07. The first-order chi connectivity index (χ1) is 10.0. The largest absolute Gasteiger partial charge is 0.491 e. The molecule has 0 unspecified atom stereocenters. The second-order valence-corrected chi connectivity index (χ2v) is 5.37. The fraction of sp³-hybridized carbons (Fsp3) is 0.467. The Morgan fingerprint density at radius 1 is 1.24 bits per heavy atom. The van der Waals surface area contributed by atoms with E-state index in [-0.39, 0.29) is 5.91 Å². The number of amides is 1. The lowest BCUT2D eigenvalue weighted by Gasteiger charge is -2.11. The third-order valence-electron chi connectivity index (χ3n) is 2.51. The van der Waals surface area contributed by atoms with E-state index >= 15 is 0 Å². The van der Waals surface area contributed by atoms with Crippen LogP contribution in [0.3, 0.4) is 0 Å². The van der Waals surface area contributed by atoms with Gasteiger partial charge in [0.15, 0.2) is 5.11 Å². The van der Waals surface area contributed by atoms with Crippen molar-refractivity contribution in [2.45, 2.75) is 20.3 Å². The van der Waals surface area contributed by atoms with Gasteiger partial charge in [0.1, 0.15) is 12.4 Å². The summed E-state index contributed by atoms with van der Waals surface area (Å²) in [5.41, 5.74) is 0.795. The number of carbonyl (C=O) groups excluding carboxylic acids is 1. The van der Waals surface area contributed by atoms with Gasteiger partial charge in [0, 0.05) is 19.2 Å². The van der Waals surface area contributed by atoms with E-state index in [1.54, 1.807) is 7.11 Å². The van der Waals surface area contributed by atoms with Crippen LogP contribution >= 0.6 is 12.2 Å². The first-order valence-corrected chi connectivity index (χ1v) is 7.24. The summed E-state index contributed by atoms with van der Waals surface area (Å²) < 4.78 is 10.4. The SMILES string of the molecule is COCCOc1ccc(NC(=S)NC(=O)CC(C)C)cc1. The summed E-state index contributed by atoms with van der Waals surface area (Å²) in [5.74, 6) is 0.978. The van der Waals surface area contributed by atoms with Gasteiger partial charge in [-0.2, -0.15) is 0 Å². The molecule has 1 rings (SSSR count). The molecule has 1 amide bonds. The van der Waals surface area contributed by atoms with E-state index in [2.05, 4.69) is 10.6 Å². The maximum Gasteiger partial charge on any atom is 0.226 e. The van der Waals surface area contributed by atoms with E-state index in [0.29, 0.717) is 30.7 Å². The Morgan fingerprint density at radius 3 is 2.48 bits per heavy atom. The van der Waals surface area contributed by atoms with Gasteiger partial charge >= 0.3 is 0 Å². The number of methoxy groups -OCH3 is 1. The number of nitrogens with one attached hydrogen (secondary N) is 2. The molecule has 0 fully saturated rings. The standard InChI is InChI=1S/C15H22N2O3S/c1-11(2)10-14(18)17-15(21)16-12-4-6-13(7-5-12)20-9-8-19-3/h4-7,11H,8-10H2,1-3H3,(H2,16,17,18,21). The maximum absolute atomic E-state index is 11.6. The lowest BCUT2D eigenvalue weighted by molar-refractivity contribution is -0.120. The zero-order valence-electron chi connectivity index (χ0n) is 12.6. The molecule has 116 valence electrons. The molecule has 1 aromatic carbocycles. The number of hydrogen-bond acceptors (Lipinski definition) is 4. The summed E-state index contributed by atoms with van der Waals surface area (Å²) in [4.78, 5) is 11.6. The molecule has 0 radical (unpaired) electrons. The predicted octanol–water partition coefficient (Wildman–Crippen LogP) is 2.57. The summed E-state index contributed by atoms with van der Waals surface area (Å²) in [6.07, 6.45) is 0.452. The van der Waals surface area contributed by atoms with E-state index in [1.807, 2.05) is 38.1 Å². The minimum atomic E-state index is -0.0815. The summed E-state index contributed by atoms with van der Waals surface area (Å²) in [6, 6.07) is 7.33. The Hall–Kier alpha value is -1.66. The monoisotopic (exact) mass is 310 g/mol. The molecule has 0 atom stereocenters.